The van der Waals surface area contributed by atoms with Crippen LogP contribution < -0.4 is 0 Å². The number of benzene rings is 2. The second-order valence-electron chi connectivity index (χ2n) is 7.11. The Kier molecular flexibility index (Phi) is 3.89. The molecule has 0 radical (unpaired) electrons. The molecule has 0 spiro atoms. The molecule has 128 valence electrons. The molecule has 2 heterocycles. The van der Waals surface area contributed by atoms with Crippen molar-refractivity contribution < 1.29 is 5.11 Å². The first-order valence-electron chi connectivity index (χ1n) is 8.90. The van der Waals surface area contributed by atoms with Crippen LogP contribution in [0.5, 0.6) is 0 Å². The van der Waals surface area contributed by atoms with Gasteiger partial charge >= 0.3 is 0 Å². The quantitative estimate of drug-likeness (QED) is 0.471. The van der Waals surface area contributed by atoms with Crippen molar-refractivity contribution >= 4 is 21.8 Å². The number of nitrogens with one attached hydrogen (secondary N) is 2. The van der Waals surface area contributed by atoms with Crippen molar-refractivity contribution in [1.82, 2.24) is 9.97 Å². The third-order valence-corrected chi connectivity index (χ3v) is 5.54. The van der Waals surface area contributed by atoms with Crippen molar-refractivity contribution in [3.05, 3.63) is 71.5 Å². The zero-order valence-electron chi connectivity index (χ0n) is 14.8. The van der Waals surface area contributed by atoms with Crippen molar-refractivity contribution in [2.24, 2.45) is 0 Å². The maximum Gasteiger partial charge on any atom is 0.0486 e. The lowest BCUT2D eigenvalue weighted by Gasteiger charge is -2.30. The third kappa shape index (κ3) is 2.47. The minimum atomic E-state index is -0.172. The van der Waals surface area contributed by atoms with Crippen LogP contribution in [-0.4, -0.2) is 21.7 Å². The summed E-state index contributed by atoms with van der Waals surface area (Å²) >= 11 is 0. The van der Waals surface area contributed by atoms with Crippen LogP contribution in [0.25, 0.3) is 21.8 Å². The van der Waals surface area contributed by atoms with Gasteiger partial charge in [-0.2, -0.15) is 0 Å². The Morgan fingerprint density at radius 3 is 2.48 bits per heavy atom. The van der Waals surface area contributed by atoms with Gasteiger partial charge in [0.2, 0.25) is 0 Å². The summed E-state index contributed by atoms with van der Waals surface area (Å²) < 4.78 is 0. The number of aryl methyl sites for hydroxylation is 1. The number of hydrogen-bond acceptors (Lipinski definition) is 1. The van der Waals surface area contributed by atoms with Crippen LogP contribution in [-0.2, 0) is 5.41 Å². The van der Waals surface area contributed by atoms with Gasteiger partial charge in [0.1, 0.15) is 0 Å². The summed E-state index contributed by atoms with van der Waals surface area (Å²) in [7, 11) is 0. The largest absolute Gasteiger partial charge is 0.396 e. The van der Waals surface area contributed by atoms with Crippen molar-refractivity contribution in [2.45, 2.75) is 32.1 Å². The predicted molar refractivity (Wildman–Crippen MR) is 104 cm³/mol. The SMILES string of the molecule is Cc1cccc2c(C(C)(CCCO)c3c[nH]c4ccccc34)c[nH]c12. The molecule has 0 amide bonds. The van der Waals surface area contributed by atoms with Crippen LogP contribution in [0.15, 0.2) is 54.9 Å². The average molecular weight is 332 g/mol. The summed E-state index contributed by atoms with van der Waals surface area (Å²) in [5, 5.41) is 12.0. The molecule has 25 heavy (non-hydrogen) atoms. The van der Waals surface area contributed by atoms with E-state index in [0.717, 1.165) is 18.4 Å². The average Bonchev–Trinajstić information content (AvgIpc) is 3.25. The molecule has 0 aliphatic rings. The lowest BCUT2D eigenvalue weighted by atomic mass is 9.72. The van der Waals surface area contributed by atoms with Gasteiger partial charge in [-0.05, 0) is 42.5 Å². The van der Waals surface area contributed by atoms with Gasteiger partial charge in [0.15, 0.2) is 0 Å². The molecule has 1 atom stereocenters. The second kappa shape index (κ2) is 6.08. The second-order valence-corrected chi connectivity index (χ2v) is 7.11. The summed E-state index contributed by atoms with van der Waals surface area (Å²) in [5.74, 6) is 0. The number of rotatable bonds is 5. The minimum absolute atomic E-state index is 0.172. The summed E-state index contributed by atoms with van der Waals surface area (Å²) in [4.78, 5) is 6.89. The van der Waals surface area contributed by atoms with Gasteiger partial charge in [-0.1, -0.05) is 43.3 Å². The summed E-state index contributed by atoms with van der Waals surface area (Å²) in [6.45, 7) is 4.64. The van der Waals surface area contributed by atoms with E-state index in [0.29, 0.717) is 0 Å². The highest BCUT2D eigenvalue weighted by Gasteiger charge is 2.33. The normalized spacial score (nSPS) is 14.2. The van der Waals surface area contributed by atoms with Crippen molar-refractivity contribution in [3.8, 4) is 0 Å². The molecule has 0 bridgehead atoms. The van der Waals surface area contributed by atoms with E-state index in [-0.39, 0.29) is 12.0 Å². The van der Waals surface area contributed by atoms with E-state index in [2.05, 4.69) is 78.7 Å². The minimum Gasteiger partial charge on any atom is -0.396 e. The van der Waals surface area contributed by atoms with E-state index in [1.54, 1.807) is 0 Å². The smallest absolute Gasteiger partial charge is 0.0486 e. The van der Waals surface area contributed by atoms with Gasteiger partial charge in [-0.3, -0.25) is 0 Å². The summed E-state index contributed by atoms with van der Waals surface area (Å²) in [5.41, 5.74) is 6.03. The first kappa shape index (κ1) is 16.0. The molecule has 4 rings (SSSR count). The van der Waals surface area contributed by atoms with Crippen LogP contribution in [0, 0.1) is 6.92 Å². The Morgan fingerprint density at radius 1 is 0.920 bits per heavy atom. The molecule has 0 saturated heterocycles. The number of aromatic nitrogens is 2. The van der Waals surface area contributed by atoms with Crippen LogP contribution >= 0.6 is 0 Å². The first-order valence-corrected chi connectivity index (χ1v) is 8.90. The number of aliphatic hydroxyl groups is 1. The molecule has 3 nitrogen and oxygen atoms in total. The highest BCUT2D eigenvalue weighted by atomic mass is 16.2. The van der Waals surface area contributed by atoms with E-state index in [1.807, 2.05) is 0 Å². The molecular weight excluding hydrogens is 308 g/mol. The van der Waals surface area contributed by atoms with E-state index < -0.39 is 0 Å². The number of fused-ring (bicyclic) bond motifs is 2. The number of aromatic amines is 2. The van der Waals surface area contributed by atoms with Crippen LogP contribution in [0.1, 0.15) is 36.5 Å². The molecule has 0 saturated carbocycles. The summed E-state index contributed by atoms with van der Waals surface area (Å²) in [6.07, 6.45) is 5.95. The van der Waals surface area contributed by atoms with Gasteiger partial charge in [0, 0.05) is 46.2 Å². The Bertz CT molecular complexity index is 1030. The lowest BCUT2D eigenvalue weighted by Crippen LogP contribution is -2.23. The van der Waals surface area contributed by atoms with Gasteiger partial charge in [-0.15, -0.1) is 0 Å². The van der Waals surface area contributed by atoms with Gasteiger partial charge in [0.05, 0.1) is 0 Å². The highest BCUT2D eigenvalue weighted by molar-refractivity contribution is 5.90. The van der Waals surface area contributed by atoms with E-state index in [9.17, 15) is 5.11 Å². The Hall–Kier alpha value is -2.52. The monoisotopic (exact) mass is 332 g/mol. The van der Waals surface area contributed by atoms with E-state index in [1.165, 1.54) is 33.0 Å². The third-order valence-electron chi connectivity index (χ3n) is 5.54. The van der Waals surface area contributed by atoms with Gasteiger partial charge in [0.25, 0.3) is 0 Å². The van der Waals surface area contributed by atoms with Crippen LogP contribution in [0.2, 0.25) is 0 Å². The van der Waals surface area contributed by atoms with Crippen molar-refractivity contribution in [3.63, 3.8) is 0 Å². The number of para-hydroxylation sites is 2. The van der Waals surface area contributed by atoms with Gasteiger partial charge < -0.3 is 15.1 Å². The topological polar surface area (TPSA) is 51.8 Å². The van der Waals surface area contributed by atoms with E-state index >= 15 is 0 Å². The number of hydrogen-bond donors (Lipinski definition) is 3. The van der Waals surface area contributed by atoms with Crippen LogP contribution in [0.4, 0.5) is 0 Å². The molecule has 2 aromatic carbocycles. The zero-order chi connectivity index (χ0) is 17.4. The fourth-order valence-electron chi connectivity index (χ4n) is 4.14. The Balaban J connectivity index is 1.97. The molecule has 2 aromatic heterocycles. The molecule has 0 aliphatic heterocycles. The zero-order valence-corrected chi connectivity index (χ0v) is 14.8. The molecule has 0 fully saturated rings. The van der Waals surface area contributed by atoms with E-state index in [4.69, 9.17) is 0 Å². The van der Waals surface area contributed by atoms with Gasteiger partial charge in [-0.25, -0.2) is 0 Å². The fourth-order valence-corrected chi connectivity index (χ4v) is 4.14. The van der Waals surface area contributed by atoms with Crippen molar-refractivity contribution in [2.75, 3.05) is 6.61 Å². The molecule has 1 unspecified atom stereocenters. The number of H-pyrrole nitrogens is 2. The Morgan fingerprint density at radius 2 is 1.64 bits per heavy atom. The standard InChI is InChI=1S/C22H24N2O/c1-15-7-5-9-17-19(14-24-21(15)17)22(2,11-6-12-25)18-13-23-20-10-4-3-8-16(18)20/h3-5,7-10,13-14,23-25H,6,11-12H2,1-2H3. The first-order chi connectivity index (χ1) is 12.1. The predicted octanol–water partition coefficient (Wildman–Crippen LogP) is 5.04. The summed E-state index contributed by atoms with van der Waals surface area (Å²) in [6, 6.07) is 14.9. The van der Waals surface area contributed by atoms with Crippen molar-refractivity contribution in [1.29, 1.82) is 0 Å². The maximum atomic E-state index is 9.48. The highest BCUT2D eigenvalue weighted by Crippen LogP contribution is 2.43. The molecule has 0 aliphatic carbocycles. The lowest BCUT2D eigenvalue weighted by molar-refractivity contribution is 0.272. The molecule has 3 N–H and O–H groups in total. The molecule has 4 aromatic rings. The Labute approximate surface area is 147 Å². The molecule has 3 heteroatoms. The fraction of sp³-hybridized carbons (Fsp3) is 0.273. The molecular formula is C22H24N2O. The van der Waals surface area contributed by atoms with Crippen LogP contribution in [0.3, 0.4) is 0 Å². The number of aliphatic hydroxyl groups excluding tert-OH is 1. The maximum absolute atomic E-state index is 9.48.